The van der Waals surface area contributed by atoms with Crippen LogP contribution in [-0.4, -0.2) is 13.1 Å². The van der Waals surface area contributed by atoms with Crippen LogP contribution in [0.5, 0.6) is 0 Å². The van der Waals surface area contributed by atoms with Crippen LogP contribution in [0.15, 0.2) is 0 Å². The Morgan fingerprint density at radius 2 is 0.903 bits per heavy atom. The molecule has 0 unspecified atom stereocenters. The molecule has 1 nitrogen and oxygen atoms in total. The number of hydrogen-bond donors (Lipinski definition) is 0. The van der Waals surface area contributed by atoms with Crippen molar-refractivity contribution in [3.63, 3.8) is 0 Å². The second kappa shape index (κ2) is 10.3. The quantitative estimate of drug-likeness (QED) is 0.164. The van der Waals surface area contributed by atoms with E-state index in [2.05, 4.69) is 0 Å². The monoisotopic (exact) mass is 457 g/mol. The van der Waals surface area contributed by atoms with Crippen LogP contribution in [0.2, 0.25) is 0 Å². The maximum Gasteiger partial charge on any atom is 0.200 e. The molecule has 2 aromatic carbocycles. The summed E-state index contributed by atoms with van der Waals surface area (Å²) in [5.41, 5.74) is -4.53. The molecule has 0 aliphatic heterocycles. The summed E-state index contributed by atoms with van der Waals surface area (Å²) in [6.45, 7) is 3.41. The predicted molar refractivity (Wildman–Crippen MR) is 98.1 cm³/mol. The Hall–Kier alpha value is -2.39. The number of hydrogen-bond acceptors (Lipinski definition) is 1. The van der Waals surface area contributed by atoms with E-state index in [0.717, 1.165) is 17.7 Å². The molecule has 0 amide bonds. The third kappa shape index (κ3) is 4.62. The van der Waals surface area contributed by atoms with Crippen molar-refractivity contribution in [1.29, 1.82) is 0 Å². The molecule has 0 bridgehead atoms. The smallest absolute Gasteiger partial charge is 0.200 e. The van der Waals surface area contributed by atoms with Crippen LogP contribution in [0.3, 0.4) is 0 Å². The Morgan fingerprint density at radius 1 is 0.452 bits per heavy atom. The molecule has 0 aliphatic rings. The van der Waals surface area contributed by atoms with Gasteiger partial charge >= 0.3 is 0 Å². The lowest BCUT2D eigenvalue weighted by molar-refractivity contribution is 0.379. The van der Waals surface area contributed by atoms with Crippen molar-refractivity contribution < 1.29 is 39.5 Å². The highest BCUT2D eigenvalue weighted by atomic mass is 19.2. The Morgan fingerprint density at radius 3 is 1.39 bits per heavy atom. The molecule has 0 atom stereocenters. The van der Waals surface area contributed by atoms with Crippen molar-refractivity contribution in [1.82, 2.24) is 0 Å². The average Bonchev–Trinajstić information content (AvgIpc) is 2.75. The standard InChI is InChI=1S/C21H20F9N/c1-3-5-6-7-9-31(8-4-2)21-11(14(24)17(27)19(29)20(21)30)10-12(22)15(25)18(28)16(26)13(10)23/h3-9H2,1-2H3. The van der Waals surface area contributed by atoms with Gasteiger partial charge in [0, 0.05) is 13.1 Å². The van der Waals surface area contributed by atoms with E-state index >= 15 is 0 Å². The number of halogens is 9. The second-order valence-electron chi connectivity index (χ2n) is 6.97. The zero-order valence-electron chi connectivity index (χ0n) is 16.8. The van der Waals surface area contributed by atoms with Gasteiger partial charge < -0.3 is 4.90 Å². The summed E-state index contributed by atoms with van der Waals surface area (Å²) in [5.74, 6) is -21.3. The van der Waals surface area contributed by atoms with Crippen LogP contribution in [0.1, 0.15) is 46.0 Å². The maximum absolute atomic E-state index is 14.8. The van der Waals surface area contributed by atoms with E-state index in [1.807, 2.05) is 6.92 Å². The van der Waals surface area contributed by atoms with Crippen molar-refractivity contribution in [3.05, 3.63) is 52.4 Å². The van der Waals surface area contributed by atoms with Crippen LogP contribution in [-0.2, 0) is 0 Å². The fraction of sp³-hybridized carbons (Fsp3) is 0.429. The van der Waals surface area contributed by atoms with Gasteiger partial charge in [0.1, 0.15) is 0 Å². The summed E-state index contributed by atoms with van der Waals surface area (Å²) in [4.78, 5) is 1.02. The van der Waals surface area contributed by atoms with Crippen molar-refractivity contribution >= 4 is 5.69 Å². The Kier molecular flexibility index (Phi) is 8.25. The summed E-state index contributed by atoms with van der Waals surface area (Å²) < 4.78 is 127. The minimum absolute atomic E-state index is 0.0440. The first-order valence-corrected chi connectivity index (χ1v) is 9.72. The number of unbranched alkanes of at least 4 members (excludes halogenated alkanes) is 3. The molecule has 0 saturated carbocycles. The molecule has 172 valence electrons. The Labute approximate surface area is 173 Å². The summed E-state index contributed by atoms with van der Waals surface area (Å²) in [7, 11) is 0. The van der Waals surface area contributed by atoms with Crippen molar-refractivity contribution in [2.24, 2.45) is 0 Å². The van der Waals surface area contributed by atoms with E-state index in [9.17, 15) is 39.5 Å². The van der Waals surface area contributed by atoms with Crippen molar-refractivity contribution in [3.8, 4) is 11.1 Å². The van der Waals surface area contributed by atoms with Gasteiger partial charge in [0.2, 0.25) is 5.82 Å². The van der Waals surface area contributed by atoms with E-state index in [1.54, 1.807) is 6.92 Å². The fourth-order valence-corrected chi connectivity index (χ4v) is 3.30. The molecule has 2 aromatic rings. The number of benzene rings is 2. The van der Waals surface area contributed by atoms with Gasteiger partial charge in [-0.25, -0.2) is 39.5 Å². The highest BCUT2D eigenvalue weighted by Crippen LogP contribution is 2.42. The zero-order chi connectivity index (χ0) is 23.5. The lowest BCUT2D eigenvalue weighted by atomic mass is 9.98. The first-order chi connectivity index (χ1) is 14.6. The predicted octanol–water partition coefficient (Wildman–Crippen LogP) is 7.40. The van der Waals surface area contributed by atoms with Gasteiger partial charge in [-0.2, -0.15) is 0 Å². The molecule has 0 aliphatic carbocycles. The molecule has 0 saturated heterocycles. The first-order valence-electron chi connectivity index (χ1n) is 9.72. The van der Waals surface area contributed by atoms with E-state index in [-0.39, 0.29) is 19.5 Å². The third-order valence-electron chi connectivity index (χ3n) is 4.79. The van der Waals surface area contributed by atoms with Crippen LogP contribution in [0.4, 0.5) is 45.2 Å². The van der Waals surface area contributed by atoms with E-state index in [4.69, 9.17) is 0 Å². The van der Waals surface area contributed by atoms with Gasteiger partial charge in [-0.1, -0.05) is 33.1 Å². The lowest BCUT2D eigenvalue weighted by Gasteiger charge is -2.28. The van der Waals surface area contributed by atoms with Gasteiger partial charge in [0.15, 0.2) is 46.5 Å². The first kappa shape index (κ1) is 24.9. The normalized spacial score (nSPS) is 11.3. The lowest BCUT2D eigenvalue weighted by Crippen LogP contribution is -2.28. The van der Waals surface area contributed by atoms with Gasteiger partial charge in [-0.05, 0) is 12.8 Å². The van der Waals surface area contributed by atoms with Crippen LogP contribution in [0, 0.1) is 52.4 Å². The van der Waals surface area contributed by atoms with Gasteiger partial charge in [-0.15, -0.1) is 0 Å². The average molecular weight is 457 g/mol. The molecular formula is C21H20F9N. The second-order valence-corrected chi connectivity index (χ2v) is 6.97. The summed E-state index contributed by atoms with van der Waals surface area (Å²) >= 11 is 0. The van der Waals surface area contributed by atoms with Gasteiger partial charge in [0.25, 0.3) is 0 Å². The summed E-state index contributed by atoms with van der Waals surface area (Å²) in [6, 6.07) is 0. The molecule has 0 N–H and O–H groups in total. The summed E-state index contributed by atoms with van der Waals surface area (Å²) in [6.07, 6.45) is 2.90. The van der Waals surface area contributed by atoms with Crippen LogP contribution >= 0.6 is 0 Å². The van der Waals surface area contributed by atoms with Gasteiger partial charge in [0.05, 0.1) is 16.8 Å². The highest BCUT2D eigenvalue weighted by molar-refractivity contribution is 5.81. The molecule has 0 spiro atoms. The molecule has 0 aromatic heterocycles. The van der Waals surface area contributed by atoms with Gasteiger partial charge in [-0.3, -0.25) is 0 Å². The van der Waals surface area contributed by atoms with E-state index in [0.29, 0.717) is 12.8 Å². The molecule has 0 fully saturated rings. The number of nitrogens with zero attached hydrogens (tertiary/aromatic N) is 1. The number of anilines is 1. The Balaban J connectivity index is 2.86. The Bertz CT molecular complexity index is 930. The highest BCUT2D eigenvalue weighted by Gasteiger charge is 2.35. The minimum Gasteiger partial charge on any atom is -0.368 e. The summed E-state index contributed by atoms with van der Waals surface area (Å²) in [5, 5.41) is 0. The van der Waals surface area contributed by atoms with E-state index in [1.165, 1.54) is 0 Å². The molecular weight excluding hydrogens is 437 g/mol. The van der Waals surface area contributed by atoms with Crippen LogP contribution in [0.25, 0.3) is 11.1 Å². The SMILES string of the molecule is CCCCCCN(CCC)c1c(F)c(F)c(F)c(F)c1-c1c(F)c(F)c(F)c(F)c1F. The topological polar surface area (TPSA) is 3.24 Å². The largest absolute Gasteiger partial charge is 0.368 e. The van der Waals surface area contributed by atoms with Crippen LogP contribution < -0.4 is 4.90 Å². The molecule has 2 rings (SSSR count). The third-order valence-corrected chi connectivity index (χ3v) is 4.79. The fourth-order valence-electron chi connectivity index (χ4n) is 3.30. The zero-order valence-corrected chi connectivity index (χ0v) is 16.8. The molecule has 0 radical (unpaired) electrons. The van der Waals surface area contributed by atoms with E-state index < -0.39 is 69.2 Å². The molecule has 0 heterocycles. The maximum atomic E-state index is 14.8. The molecule has 31 heavy (non-hydrogen) atoms. The minimum atomic E-state index is -2.52. The van der Waals surface area contributed by atoms with Crippen molar-refractivity contribution in [2.45, 2.75) is 46.0 Å². The molecule has 10 heteroatoms. The number of rotatable bonds is 9. The van der Waals surface area contributed by atoms with Crippen molar-refractivity contribution in [2.75, 3.05) is 18.0 Å².